The molecule has 0 fully saturated rings. The molecule has 32 heavy (non-hydrogen) atoms. The van der Waals surface area contributed by atoms with Gasteiger partial charge in [0.25, 0.3) is 0 Å². The third-order valence-electron chi connectivity index (χ3n) is 5.41. The topological polar surface area (TPSA) is 80.0 Å². The Morgan fingerprint density at radius 2 is 1.84 bits per heavy atom. The van der Waals surface area contributed by atoms with Gasteiger partial charge in [0.15, 0.2) is 5.82 Å². The van der Waals surface area contributed by atoms with Crippen LogP contribution in [0, 0.1) is 13.8 Å². The van der Waals surface area contributed by atoms with Crippen molar-refractivity contribution in [2.75, 3.05) is 5.32 Å². The van der Waals surface area contributed by atoms with E-state index in [2.05, 4.69) is 36.3 Å². The number of carbonyl (C=O) groups is 1. The first-order valence-corrected chi connectivity index (χ1v) is 10.6. The van der Waals surface area contributed by atoms with Gasteiger partial charge in [-0.05, 0) is 55.2 Å². The number of aromatic carboxylic acids is 1. The summed E-state index contributed by atoms with van der Waals surface area (Å²) in [6, 6.07) is 19.4. The molecule has 2 aromatic heterocycles. The molecule has 0 aliphatic rings. The Bertz CT molecular complexity index is 1290. The van der Waals surface area contributed by atoms with Crippen molar-refractivity contribution in [3.63, 3.8) is 0 Å². The van der Waals surface area contributed by atoms with E-state index < -0.39 is 5.97 Å². The number of anilines is 2. The normalized spacial score (nSPS) is 11.0. The second-order valence-corrected chi connectivity index (χ2v) is 8.23. The Morgan fingerprint density at radius 1 is 1.03 bits per heavy atom. The van der Waals surface area contributed by atoms with Crippen molar-refractivity contribution in [2.24, 2.45) is 0 Å². The van der Waals surface area contributed by atoms with Crippen molar-refractivity contribution in [2.45, 2.75) is 33.6 Å². The lowest BCUT2D eigenvalue weighted by Crippen LogP contribution is -2.08. The molecule has 2 aromatic carbocycles. The van der Waals surface area contributed by atoms with Gasteiger partial charge in [-0.15, -0.1) is 0 Å². The minimum atomic E-state index is -0.985. The van der Waals surface area contributed by atoms with Crippen LogP contribution in [0.5, 0.6) is 0 Å². The molecule has 2 heterocycles. The third-order valence-corrected chi connectivity index (χ3v) is 5.41. The maximum absolute atomic E-state index is 11.8. The standard InChI is InChI=1S/C26H26N4O2/c1-16(2)19-8-5-9-20(14-19)23-15-24(30(29-23)25-18(4)7-6-12-27-25)28-22-11-10-17(3)13-21(22)26(31)32/h5-16,28H,1-4H3,(H,31,32). The Kier molecular flexibility index (Phi) is 5.77. The number of carboxylic acid groups (broad SMARTS) is 1. The summed E-state index contributed by atoms with van der Waals surface area (Å²) in [5.41, 5.74) is 5.56. The van der Waals surface area contributed by atoms with Gasteiger partial charge in [-0.1, -0.05) is 49.7 Å². The van der Waals surface area contributed by atoms with Crippen molar-refractivity contribution in [1.82, 2.24) is 14.8 Å². The average molecular weight is 427 g/mol. The molecule has 162 valence electrons. The van der Waals surface area contributed by atoms with Crippen molar-refractivity contribution in [3.8, 4) is 17.1 Å². The molecular formula is C26H26N4O2. The van der Waals surface area contributed by atoms with E-state index in [-0.39, 0.29) is 5.56 Å². The molecule has 4 rings (SSSR count). The molecule has 0 atom stereocenters. The van der Waals surface area contributed by atoms with Gasteiger partial charge >= 0.3 is 5.97 Å². The van der Waals surface area contributed by atoms with Gasteiger partial charge in [-0.25, -0.2) is 9.78 Å². The number of hydrogen-bond donors (Lipinski definition) is 2. The van der Waals surface area contributed by atoms with Gasteiger partial charge in [0, 0.05) is 17.8 Å². The largest absolute Gasteiger partial charge is 0.478 e. The molecule has 0 saturated heterocycles. The first kappa shape index (κ1) is 21.3. The molecule has 0 unspecified atom stereocenters. The Hall–Kier alpha value is -3.93. The van der Waals surface area contributed by atoms with Crippen molar-refractivity contribution in [1.29, 1.82) is 0 Å². The van der Waals surface area contributed by atoms with Crippen LogP contribution in [0.2, 0.25) is 0 Å². The molecule has 0 bridgehead atoms. The number of carboxylic acids is 1. The Labute approximate surface area is 187 Å². The van der Waals surface area contributed by atoms with E-state index in [0.29, 0.717) is 23.2 Å². The fourth-order valence-corrected chi connectivity index (χ4v) is 3.61. The molecule has 4 aromatic rings. The number of aromatic nitrogens is 3. The lowest BCUT2D eigenvalue weighted by atomic mass is 10.00. The van der Waals surface area contributed by atoms with Crippen LogP contribution in [-0.2, 0) is 0 Å². The zero-order valence-corrected chi connectivity index (χ0v) is 18.6. The summed E-state index contributed by atoms with van der Waals surface area (Å²) < 4.78 is 1.73. The first-order chi connectivity index (χ1) is 15.3. The number of pyridine rings is 1. The number of nitrogens with one attached hydrogen (secondary N) is 1. The lowest BCUT2D eigenvalue weighted by molar-refractivity contribution is 0.0698. The maximum atomic E-state index is 11.8. The molecule has 6 nitrogen and oxygen atoms in total. The molecular weight excluding hydrogens is 400 g/mol. The summed E-state index contributed by atoms with van der Waals surface area (Å²) in [5, 5.41) is 17.8. The second-order valence-electron chi connectivity index (χ2n) is 8.23. The highest BCUT2D eigenvalue weighted by atomic mass is 16.4. The zero-order chi connectivity index (χ0) is 22.8. The van der Waals surface area contributed by atoms with E-state index in [9.17, 15) is 9.90 Å². The van der Waals surface area contributed by atoms with E-state index >= 15 is 0 Å². The maximum Gasteiger partial charge on any atom is 0.337 e. The minimum absolute atomic E-state index is 0.207. The van der Waals surface area contributed by atoms with Crippen molar-refractivity contribution < 1.29 is 9.90 Å². The SMILES string of the molecule is Cc1ccc(Nc2cc(-c3cccc(C(C)C)c3)nn2-c2ncccc2C)c(C(=O)O)c1. The highest BCUT2D eigenvalue weighted by Gasteiger charge is 2.17. The van der Waals surface area contributed by atoms with Gasteiger partial charge in [-0.3, -0.25) is 0 Å². The van der Waals surface area contributed by atoms with Crippen LogP contribution in [0.15, 0.2) is 66.9 Å². The smallest absolute Gasteiger partial charge is 0.337 e. The predicted molar refractivity (Wildman–Crippen MR) is 127 cm³/mol. The number of benzene rings is 2. The summed E-state index contributed by atoms with van der Waals surface area (Å²) in [6.07, 6.45) is 1.72. The molecule has 0 radical (unpaired) electrons. The summed E-state index contributed by atoms with van der Waals surface area (Å²) in [4.78, 5) is 16.3. The summed E-state index contributed by atoms with van der Waals surface area (Å²) in [5.74, 6) is 0.743. The van der Waals surface area contributed by atoms with Crippen LogP contribution in [0.1, 0.15) is 46.8 Å². The lowest BCUT2D eigenvalue weighted by Gasteiger charge is -2.13. The molecule has 0 saturated carbocycles. The second kappa shape index (κ2) is 8.67. The predicted octanol–water partition coefficient (Wildman–Crippen LogP) is 6.12. The molecule has 2 N–H and O–H groups in total. The fraction of sp³-hybridized carbons (Fsp3) is 0.192. The van der Waals surface area contributed by atoms with Gasteiger partial charge in [-0.2, -0.15) is 9.78 Å². The van der Waals surface area contributed by atoms with E-state index in [4.69, 9.17) is 5.10 Å². The molecule has 0 spiro atoms. The van der Waals surface area contributed by atoms with Crippen LogP contribution in [0.3, 0.4) is 0 Å². The first-order valence-electron chi connectivity index (χ1n) is 10.6. The minimum Gasteiger partial charge on any atom is -0.478 e. The van der Waals surface area contributed by atoms with Crippen molar-refractivity contribution >= 4 is 17.5 Å². The number of nitrogens with zero attached hydrogens (tertiary/aromatic N) is 3. The molecule has 6 heteroatoms. The van der Waals surface area contributed by atoms with E-state index in [1.54, 1.807) is 23.0 Å². The highest BCUT2D eigenvalue weighted by Crippen LogP contribution is 2.30. The van der Waals surface area contributed by atoms with E-state index in [1.807, 2.05) is 50.2 Å². The number of hydrogen-bond acceptors (Lipinski definition) is 4. The third kappa shape index (κ3) is 4.25. The van der Waals surface area contributed by atoms with Crippen LogP contribution in [0.25, 0.3) is 17.1 Å². The fourth-order valence-electron chi connectivity index (χ4n) is 3.61. The quantitative estimate of drug-likeness (QED) is 0.388. The zero-order valence-electron chi connectivity index (χ0n) is 18.6. The van der Waals surface area contributed by atoms with Gasteiger partial charge < -0.3 is 10.4 Å². The summed E-state index contributed by atoms with van der Waals surface area (Å²) >= 11 is 0. The highest BCUT2D eigenvalue weighted by molar-refractivity contribution is 5.95. The molecule has 0 aliphatic carbocycles. The van der Waals surface area contributed by atoms with E-state index in [0.717, 1.165) is 22.4 Å². The Balaban J connectivity index is 1.86. The molecule has 0 amide bonds. The van der Waals surface area contributed by atoms with Crippen LogP contribution >= 0.6 is 0 Å². The van der Waals surface area contributed by atoms with Gasteiger partial charge in [0.2, 0.25) is 0 Å². The van der Waals surface area contributed by atoms with Gasteiger partial charge in [0.05, 0.1) is 16.9 Å². The van der Waals surface area contributed by atoms with Crippen molar-refractivity contribution in [3.05, 3.63) is 89.1 Å². The Morgan fingerprint density at radius 3 is 2.56 bits per heavy atom. The average Bonchev–Trinajstić information content (AvgIpc) is 3.19. The summed E-state index contributed by atoms with van der Waals surface area (Å²) in [7, 11) is 0. The summed E-state index contributed by atoms with van der Waals surface area (Å²) in [6.45, 7) is 8.17. The van der Waals surface area contributed by atoms with Crippen LogP contribution in [-0.4, -0.2) is 25.8 Å². The molecule has 0 aliphatic heterocycles. The number of rotatable bonds is 6. The van der Waals surface area contributed by atoms with Gasteiger partial charge in [0.1, 0.15) is 5.82 Å². The van der Waals surface area contributed by atoms with Crippen LogP contribution < -0.4 is 5.32 Å². The van der Waals surface area contributed by atoms with Crippen LogP contribution in [0.4, 0.5) is 11.5 Å². The van der Waals surface area contributed by atoms with E-state index in [1.165, 1.54) is 5.56 Å². The number of aryl methyl sites for hydroxylation is 2. The monoisotopic (exact) mass is 426 g/mol.